The van der Waals surface area contributed by atoms with Gasteiger partial charge in [0.1, 0.15) is 11.3 Å². The van der Waals surface area contributed by atoms with Gasteiger partial charge in [-0.2, -0.15) is 0 Å². The molecule has 30 heavy (non-hydrogen) atoms. The van der Waals surface area contributed by atoms with Gasteiger partial charge >= 0.3 is 12.0 Å². The molecule has 8 nitrogen and oxygen atoms in total. The summed E-state index contributed by atoms with van der Waals surface area (Å²) in [7, 11) is 0. The Morgan fingerprint density at radius 1 is 1.13 bits per heavy atom. The number of amides is 4. The van der Waals surface area contributed by atoms with Gasteiger partial charge in [-0.1, -0.05) is 17.7 Å². The lowest BCUT2D eigenvalue weighted by atomic mass is 10.1. The van der Waals surface area contributed by atoms with Crippen molar-refractivity contribution in [3.8, 4) is 5.75 Å². The van der Waals surface area contributed by atoms with E-state index in [4.69, 9.17) is 9.84 Å². The number of aryl methyl sites for hydroxylation is 1. The Balaban J connectivity index is 1.96. The highest BCUT2D eigenvalue weighted by molar-refractivity contribution is 9.11. The normalized spacial score (nSPS) is 15.4. The molecule has 154 valence electrons. The van der Waals surface area contributed by atoms with Crippen molar-refractivity contribution in [1.82, 2.24) is 5.32 Å². The quantitative estimate of drug-likeness (QED) is 0.444. The van der Waals surface area contributed by atoms with Crippen LogP contribution in [0.2, 0.25) is 0 Å². The first kappa shape index (κ1) is 21.7. The number of nitrogens with one attached hydrogen (secondary N) is 1. The van der Waals surface area contributed by atoms with Crippen LogP contribution < -0.4 is 15.0 Å². The molecular weight excluding hydrogens is 524 g/mol. The van der Waals surface area contributed by atoms with E-state index in [9.17, 15) is 19.2 Å². The zero-order valence-corrected chi connectivity index (χ0v) is 18.6. The molecule has 0 spiro atoms. The molecule has 0 aromatic heterocycles. The van der Waals surface area contributed by atoms with Gasteiger partial charge < -0.3 is 9.84 Å². The molecule has 1 saturated heterocycles. The first-order chi connectivity index (χ1) is 14.2. The molecule has 2 aromatic rings. The maximum absolute atomic E-state index is 12.9. The van der Waals surface area contributed by atoms with Crippen LogP contribution in [0.4, 0.5) is 10.5 Å². The number of ether oxygens (including phenoxy) is 1. The highest BCUT2D eigenvalue weighted by Crippen LogP contribution is 2.35. The van der Waals surface area contributed by atoms with Crippen molar-refractivity contribution >= 4 is 67.4 Å². The number of urea groups is 1. The molecule has 0 saturated carbocycles. The zero-order valence-electron chi connectivity index (χ0n) is 15.4. The van der Waals surface area contributed by atoms with Gasteiger partial charge in [-0.15, -0.1) is 0 Å². The van der Waals surface area contributed by atoms with Crippen LogP contribution in [0.15, 0.2) is 50.9 Å². The van der Waals surface area contributed by atoms with Crippen LogP contribution in [0.1, 0.15) is 11.1 Å². The number of hydrogen-bond acceptors (Lipinski definition) is 5. The van der Waals surface area contributed by atoms with E-state index in [-0.39, 0.29) is 11.3 Å². The Morgan fingerprint density at radius 2 is 1.73 bits per heavy atom. The molecule has 1 fully saturated rings. The molecule has 3 rings (SSSR count). The number of imide groups is 2. The van der Waals surface area contributed by atoms with Gasteiger partial charge in [-0.3, -0.25) is 14.9 Å². The summed E-state index contributed by atoms with van der Waals surface area (Å²) in [5.41, 5.74) is 1.51. The minimum Gasteiger partial charge on any atom is -0.480 e. The molecule has 0 atom stereocenters. The smallest absolute Gasteiger partial charge is 0.341 e. The van der Waals surface area contributed by atoms with E-state index in [2.05, 4.69) is 37.2 Å². The Kier molecular flexibility index (Phi) is 6.37. The van der Waals surface area contributed by atoms with Crippen molar-refractivity contribution in [3.63, 3.8) is 0 Å². The molecule has 1 heterocycles. The second-order valence-corrected chi connectivity index (χ2v) is 8.00. The average molecular weight is 538 g/mol. The highest BCUT2D eigenvalue weighted by atomic mass is 79.9. The maximum atomic E-state index is 12.9. The molecule has 0 unspecified atom stereocenters. The summed E-state index contributed by atoms with van der Waals surface area (Å²) in [6.45, 7) is 1.34. The summed E-state index contributed by atoms with van der Waals surface area (Å²) in [5, 5.41) is 10.9. The van der Waals surface area contributed by atoms with Gasteiger partial charge in [0.05, 0.1) is 14.6 Å². The van der Waals surface area contributed by atoms with E-state index in [1.165, 1.54) is 6.08 Å². The second-order valence-electron chi connectivity index (χ2n) is 6.29. The number of carbonyl (C=O) groups is 4. The van der Waals surface area contributed by atoms with Crippen LogP contribution in [0.5, 0.6) is 5.75 Å². The maximum Gasteiger partial charge on any atom is 0.341 e. The lowest BCUT2D eigenvalue weighted by Crippen LogP contribution is -2.54. The second kappa shape index (κ2) is 8.80. The summed E-state index contributed by atoms with van der Waals surface area (Å²) >= 11 is 6.56. The molecule has 1 aliphatic heterocycles. The Bertz CT molecular complexity index is 1070. The van der Waals surface area contributed by atoms with Crippen LogP contribution in [0, 0.1) is 6.92 Å². The summed E-state index contributed by atoms with van der Waals surface area (Å²) in [5.74, 6) is -2.45. The van der Waals surface area contributed by atoms with Crippen LogP contribution in [0.25, 0.3) is 6.08 Å². The molecule has 0 bridgehead atoms. The van der Waals surface area contributed by atoms with Gasteiger partial charge in [-0.25, -0.2) is 14.5 Å². The fourth-order valence-electron chi connectivity index (χ4n) is 2.69. The number of hydrogen-bond donors (Lipinski definition) is 2. The topological polar surface area (TPSA) is 113 Å². The first-order valence-electron chi connectivity index (χ1n) is 8.49. The number of halogens is 2. The first-order valence-corrected chi connectivity index (χ1v) is 10.1. The van der Waals surface area contributed by atoms with Gasteiger partial charge in [0.25, 0.3) is 11.8 Å². The largest absolute Gasteiger partial charge is 0.480 e. The third-order valence-corrected chi connectivity index (χ3v) is 5.24. The van der Waals surface area contributed by atoms with Crippen molar-refractivity contribution < 1.29 is 29.0 Å². The number of barbiturate groups is 1. The molecule has 4 amide bonds. The van der Waals surface area contributed by atoms with Gasteiger partial charge in [-0.05, 0) is 74.7 Å². The van der Waals surface area contributed by atoms with Crippen molar-refractivity contribution in [1.29, 1.82) is 0 Å². The minimum absolute atomic E-state index is 0.229. The molecule has 0 radical (unpaired) electrons. The zero-order chi connectivity index (χ0) is 22.0. The summed E-state index contributed by atoms with van der Waals surface area (Å²) in [6.07, 6.45) is 1.34. The fraction of sp³-hybridized carbons (Fsp3) is 0.100. The number of carboxylic acids is 1. The van der Waals surface area contributed by atoms with Crippen LogP contribution in [0.3, 0.4) is 0 Å². The summed E-state index contributed by atoms with van der Waals surface area (Å²) in [6, 6.07) is 9.01. The summed E-state index contributed by atoms with van der Waals surface area (Å²) < 4.78 is 6.04. The van der Waals surface area contributed by atoms with E-state index >= 15 is 0 Å². The average Bonchev–Trinajstić information content (AvgIpc) is 2.65. The summed E-state index contributed by atoms with van der Waals surface area (Å²) in [4.78, 5) is 49.1. The van der Waals surface area contributed by atoms with Gasteiger partial charge in [0.15, 0.2) is 6.61 Å². The Labute approximate surface area is 187 Å². The molecule has 1 aliphatic rings. The van der Waals surface area contributed by atoms with E-state index in [0.717, 1.165) is 10.5 Å². The Hall–Kier alpha value is -2.98. The number of benzene rings is 2. The standard InChI is InChI=1S/C20H14Br2N2O6/c1-10-2-4-12(5-3-10)24-19(28)13(18(27)23-20(24)29)6-11-7-14(21)17(15(22)8-11)30-9-16(25)26/h2-8H,9H2,1H3,(H,25,26)(H,23,27,29)/b13-6+. The third-order valence-electron chi connectivity index (χ3n) is 4.07. The van der Waals surface area contributed by atoms with Crippen molar-refractivity contribution in [3.05, 3.63) is 62.0 Å². The number of aliphatic carboxylic acids is 1. The lowest BCUT2D eigenvalue weighted by Gasteiger charge is -2.26. The molecule has 2 N–H and O–H groups in total. The predicted molar refractivity (Wildman–Crippen MR) is 115 cm³/mol. The molecule has 10 heteroatoms. The van der Waals surface area contributed by atoms with Crippen LogP contribution >= 0.6 is 31.9 Å². The fourth-order valence-corrected chi connectivity index (χ4v) is 4.14. The van der Waals surface area contributed by atoms with E-state index in [1.54, 1.807) is 36.4 Å². The molecular formula is C20H14Br2N2O6. The van der Waals surface area contributed by atoms with E-state index in [1.807, 2.05) is 6.92 Å². The predicted octanol–water partition coefficient (Wildman–Crippen LogP) is 3.65. The van der Waals surface area contributed by atoms with Crippen molar-refractivity contribution in [2.24, 2.45) is 0 Å². The Morgan fingerprint density at radius 3 is 2.30 bits per heavy atom. The SMILES string of the molecule is Cc1ccc(N2C(=O)NC(=O)/C(=C\c3cc(Br)c(OCC(=O)O)c(Br)c3)C2=O)cc1. The molecule has 0 aliphatic carbocycles. The van der Waals surface area contributed by atoms with E-state index < -0.39 is 30.4 Å². The van der Waals surface area contributed by atoms with Crippen LogP contribution in [-0.2, 0) is 14.4 Å². The lowest BCUT2D eigenvalue weighted by molar-refractivity contribution is -0.139. The number of carboxylic acid groups (broad SMARTS) is 1. The molecule has 2 aromatic carbocycles. The van der Waals surface area contributed by atoms with Crippen molar-refractivity contribution in [2.75, 3.05) is 11.5 Å². The number of carbonyl (C=O) groups excluding carboxylic acids is 3. The van der Waals surface area contributed by atoms with Gasteiger partial charge in [0, 0.05) is 0 Å². The van der Waals surface area contributed by atoms with Gasteiger partial charge in [0.2, 0.25) is 0 Å². The third kappa shape index (κ3) is 4.60. The van der Waals surface area contributed by atoms with E-state index in [0.29, 0.717) is 20.2 Å². The number of rotatable bonds is 5. The van der Waals surface area contributed by atoms with Crippen molar-refractivity contribution in [2.45, 2.75) is 6.92 Å². The number of nitrogens with zero attached hydrogens (tertiary/aromatic N) is 1. The number of anilines is 1. The van der Waals surface area contributed by atoms with Crippen LogP contribution in [-0.4, -0.2) is 35.5 Å². The monoisotopic (exact) mass is 536 g/mol. The minimum atomic E-state index is -1.13. The highest BCUT2D eigenvalue weighted by Gasteiger charge is 2.36.